The lowest BCUT2D eigenvalue weighted by atomic mass is 9.76. The third kappa shape index (κ3) is 2.99. The molecule has 1 aromatic rings. The van der Waals surface area contributed by atoms with Crippen LogP contribution in [0.2, 0.25) is 0 Å². The molecule has 3 aliphatic rings. The number of hydrogen-bond acceptors (Lipinski definition) is 5. The number of anilines is 2. The molecule has 4 rings (SSSR count). The Morgan fingerprint density at radius 3 is 2.77 bits per heavy atom. The maximum absolute atomic E-state index is 12.6. The van der Waals surface area contributed by atoms with Crippen LogP contribution < -0.4 is 16.4 Å². The van der Waals surface area contributed by atoms with Crippen LogP contribution in [0.3, 0.4) is 0 Å². The number of fused-ring (bicyclic) bond motifs is 2. The second kappa shape index (κ2) is 6.96. The van der Waals surface area contributed by atoms with Gasteiger partial charge in [0, 0.05) is 31.0 Å². The Balaban J connectivity index is 1.49. The van der Waals surface area contributed by atoms with E-state index in [1.807, 2.05) is 0 Å². The summed E-state index contributed by atoms with van der Waals surface area (Å²) in [4.78, 5) is 29.4. The highest BCUT2D eigenvalue weighted by Crippen LogP contribution is 2.44. The van der Waals surface area contributed by atoms with Crippen LogP contribution in [0.15, 0.2) is 12.3 Å². The maximum atomic E-state index is 12.6. The number of hydrogen-bond donors (Lipinski definition) is 3. The Kier molecular flexibility index (Phi) is 4.67. The predicted octanol–water partition coefficient (Wildman–Crippen LogP) is 1.93. The molecule has 3 heterocycles. The first kappa shape index (κ1) is 17.4. The van der Waals surface area contributed by atoms with Gasteiger partial charge in [-0.25, -0.2) is 4.98 Å². The monoisotopic (exact) mass is 358 g/mol. The molecule has 1 unspecified atom stereocenters. The quantitative estimate of drug-likeness (QED) is 0.765. The van der Waals surface area contributed by atoms with Gasteiger partial charge in [-0.05, 0) is 31.6 Å². The fourth-order valence-electron chi connectivity index (χ4n) is 4.51. The molecule has 4 N–H and O–H groups in total. The number of nitrogens with one attached hydrogen (secondary N) is 2. The second-order valence-electron chi connectivity index (χ2n) is 7.68. The molecule has 7 heteroatoms. The normalized spacial score (nSPS) is 23.3. The molecule has 0 bridgehead atoms. The minimum atomic E-state index is -0.540. The zero-order valence-electron chi connectivity index (χ0n) is 14.9. The zero-order chi connectivity index (χ0) is 18.1. The van der Waals surface area contributed by atoms with Crippen LogP contribution in [0.1, 0.15) is 50.5 Å². The maximum Gasteiger partial charge on any atom is 0.242 e. The van der Waals surface area contributed by atoms with Crippen LogP contribution >= 0.6 is 0 Å². The van der Waals surface area contributed by atoms with Crippen molar-refractivity contribution in [1.29, 1.82) is 0 Å². The Morgan fingerprint density at radius 1 is 1.31 bits per heavy atom. The lowest BCUT2D eigenvalue weighted by Crippen LogP contribution is -2.42. The molecular weight excluding hydrogens is 332 g/mol. The molecule has 7 nitrogen and oxygen atoms in total. The zero-order valence-corrected chi connectivity index (χ0v) is 14.9. The number of pyridine rings is 1. The van der Waals surface area contributed by atoms with E-state index in [1.54, 1.807) is 12.3 Å². The van der Waals surface area contributed by atoms with E-state index in [2.05, 4.69) is 15.6 Å². The van der Waals surface area contributed by atoms with Crippen LogP contribution in [0, 0.1) is 5.92 Å². The molecule has 0 radical (unpaired) electrons. The molecule has 0 aromatic carbocycles. The van der Waals surface area contributed by atoms with Crippen LogP contribution in [0.25, 0.3) is 0 Å². The van der Waals surface area contributed by atoms with E-state index in [9.17, 15) is 9.59 Å². The highest BCUT2D eigenvalue weighted by atomic mass is 16.5. The van der Waals surface area contributed by atoms with E-state index in [0.29, 0.717) is 31.9 Å². The van der Waals surface area contributed by atoms with Crippen molar-refractivity contribution in [2.24, 2.45) is 11.7 Å². The van der Waals surface area contributed by atoms with Gasteiger partial charge in [0.25, 0.3) is 0 Å². The fraction of sp³-hybridized carbons (Fsp3) is 0.632. The van der Waals surface area contributed by atoms with Crippen molar-refractivity contribution in [3.8, 4) is 0 Å². The predicted molar refractivity (Wildman–Crippen MR) is 97.8 cm³/mol. The van der Waals surface area contributed by atoms with Gasteiger partial charge in [-0.3, -0.25) is 9.59 Å². The van der Waals surface area contributed by atoms with Crippen LogP contribution in [0.5, 0.6) is 0 Å². The van der Waals surface area contributed by atoms with E-state index in [4.69, 9.17) is 10.5 Å². The van der Waals surface area contributed by atoms with Crippen molar-refractivity contribution in [3.63, 3.8) is 0 Å². The highest BCUT2D eigenvalue weighted by molar-refractivity contribution is 6.07. The topological polar surface area (TPSA) is 106 Å². The summed E-state index contributed by atoms with van der Waals surface area (Å²) in [7, 11) is 0. The van der Waals surface area contributed by atoms with E-state index in [1.165, 1.54) is 6.42 Å². The SMILES string of the molecule is NC(C(=O)Nc1cc2c(cn1)C1(CCOCC1)C(=O)N2)C1CCCCC1. The fourth-order valence-corrected chi connectivity index (χ4v) is 4.51. The summed E-state index contributed by atoms with van der Waals surface area (Å²) >= 11 is 0. The average molecular weight is 358 g/mol. The number of carbonyl (C=O) groups is 2. The summed E-state index contributed by atoms with van der Waals surface area (Å²) in [5, 5.41) is 5.77. The molecule has 2 fully saturated rings. The van der Waals surface area contributed by atoms with Crippen molar-refractivity contribution in [1.82, 2.24) is 4.98 Å². The molecule has 140 valence electrons. The van der Waals surface area contributed by atoms with Crippen molar-refractivity contribution in [3.05, 3.63) is 17.8 Å². The first-order valence-electron chi connectivity index (χ1n) is 9.56. The van der Waals surface area contributed by atoms with Gasteiger partial charge >= 0.3 is 0 Å². The Labute approximate surface area is 153 Å². The average Bonchev–Trinajstić information content (AvgIpc) is 2.93. The minimum absolute atomic E-state index is 0.0000152. The molecule has 1 spiro atoms. The van der Waals surface area contributed by atoms with Gasteiger partial charge in [-0.1, -0.05) is 19.3 Å². The van der Waals surface area contributed by atoms with Gasteiger partial charge in [0.1, 0.15) is 5.82 Å². The number of aromatic nitrogens is 1. The molecule has 1 saturated heterocycles. The summed E-state index contributed by atoms with van der Waals surface area (Å²) in [6, 6.07) is 1.23. The van der Waals surface area contributed by atoms with Crippen LogP contribution in [-0.4, -0.2) is 36.1 Å². The third-order valence-corrected chi connectivity index (χ3v) is 6.16. The summed E-state index contributed by atoms with van der Waals surface area (Å²) in [5.74, 6) is 0.474. The van der Waals surface area contributed by atoms with Gasteiger partial charge in [-0.15, -0.1) is 0 Å². The Bertz CT molecular complexity index is 709. The van der Waals surface area contributed by atoms with Crippen molar-refractivity contribution >= 4 is 23.3 Å². The molecule has 1 atom stereocenters. The van der Waals surface area contributed by atoms with Crippen LogP contribution in [0.4, 0.5) is 11.5 Å². The van der Waals surface area contributed by atoms with E-state index >= 15 is 0 Å². The number of rotatable bonds is 3. The van der Waals surface area contributed by atoms with Crippen LogP contribution in [-0.2, 0) is 19.7 Å². The Morgan fingerprint density at radius 2 is 2.04 bits per heavy atom. The number of nitrogens with two attached hydrogens (primary N) is 1. The number of ether oxygens (including phenoxy) is 1. The smallest absolute Gasteiger partial charge is 0.242 e. The van der Waals surface area contributed by atoms with Gasteiger partial charge in [0.15, 0.2) is 0 Å². The first-order valence-corrected chi connectivity index (χ1v) is 9.56. The molecule has 1 aromatic heterocycles. The minimum Gasteiger partial charge on any atom is -0.381 e. The van der Waals surface area contributed by atoms with Crippen molar-refractivity contribution in [2.45, 2.75) is 56.4 Å². The molecule has 1 saturated carbocycles. The molecule has 2 amide bonds. The number of nitrogens with zero attached hydrogens (tertiary/aromatic N) is 1. The van der Waals surface area contributed by atoms with E-state index in [-0.39, 0.29) is 17.7 Å². The van der Waals surface area contributed by atoms with Gasteiger partial charge in [-0.2, -0.15) is 0 Å². The highest BCUT2D eigenvalue weighted by Gasteiger charge is 2.48. The lowest BCUT2D eigenvalue weighted by molar-refractivity contribution is -0.124. The second-order valence-corrected chi connectivity index (χ2v) is 7.68. The molecule has 26 heavy (non-hydrogen) atoms. The number of amides is 2. The standard InChI is InChI=1S/C19H26N4O3/c20-16(12-4-2-1-3-5-12)17(24)23-15-10-14-13(11-21-15)19(18(25)22-14)6-8-26-9-7-19/h10-12,16H,1-9,20H2,(H,22,25)(H,21,23,24). The number of carbonyl (C=O) groups excluding carboxylic acids is 2. The summed E-state index contributed by atoms with van der Waals surface area (Å²) in [6.07, 6.45) is 8.54. The van der Waals surface area contributed by atoms with Gasteiger partial charge < -0.3 is 21.1 Å². The van der Waals surface area contributed by atoms with Crippen molar-refractivity contribution in [2.75, 3.05) is 23.8 Å². The molecule has 2 aliphatic heterocycles. The Hall–Kier alpha value is -1.99. The van der Waals surface area contributed by atoms with E-state index < -0.39 is 11.5 Å². The third-order valence-electron chi connectivity index (χ3n) is 6.16. The summed E-state index contributed by atoms with van der Waals surface area (Å²) < 4.78 is 5.41. The molecule has 1 aliphatic carbocycles. The summed E-state index contributed by atoms with van der Waals surface area (Å²) in [6.45, 7) is 1.14. The largest absolute Gasteiger partial charge is 0.381 e. The van der Waals surface area contributed by atoms with Crippen molar-refractivity contribution < 1.29 is 14.3 Å². The van der Waals surface area contributed by atoms with Gasteiger partial charge in [0.05, 0.1) is 17.1 Å². The van der Waals surface area contributed by atoms with E-state index in [0.717, 1.165) is 36.9 Å². The lowest BCUT2D eigenvalue weighted by Gasteiger charge is -2.31. The molecular formula is C19H26N4O3. The summed E-state index contributed by atoms with van der Waals surface area (Å²) in [5.41, 5.74) is 7.26. The first-order chi connectivity index (χ1) is 12.6. The van der Waals surface area contributed by atoms with Gasteiger partial charge in [0.2, 0.25) is 11.8 Å².